The minimum absolute atomic E-state index is 0.00216. The quantitative estimate of drug-likeness (QED) is 0.173. The molecular weight excluding hydrogens is 565 g/mol. The Hall–Kier alpha value is -2.59. The molecule has 0 aromatic heterocycles. The topological polar surface area (TPSA) is 115 Å². The lowest BCUT2D eigenvalue weighted by molar-refractivity contribution is -0.133. The van der Waals surface area contributed by atoms with Gasteiger partial charge in [-0.25, -0.2) is 8.42 Å². The Morgan fingerprint density at radius 1 is 1.08 bits per heavy atom. The summed E-state index contributed by atoms with van der Waals surface area (Å²) >= 11 is 11.6. The highest BCUT2D eigenvalue weighted by Crippen LogP contribution is 2.28. The van der Waals surface area contributed by atoms with Crippen LogP contribution in [0.15, 0.2) is 41.3 Å². The number of para-hydroxylation sites is 1. The number of hydrogen-bond acceptors (Lipinski definition) is 7. The summed E-state index contributed by atoms with van der Waals surface area (Å²) in [7, 11) is -3.44. The van der Waals surface area contributed by atoms with Crippen molar-refractivity contribution in [2.45, 2.75) is 51.3 Å². The number of sulfone groups is 1. The SMILES string of the molecule is CCOCN(C(=O)CCl)c1c(C)cccc1CC.CS(=O)(=O)c1ccc(C(=O)C2C(=O)CCCC2=O)c(Cl)c1. The molecule has 3 rings (SSSR count). The zero-order chi connectivity index (χ0) is 29.3. The third-order valence-electron chi connectivity index (χ3n) is 6.20. The van der Waals surface area contributed by atoms with Crippen LogP contribution in [0.25, 0.3) is 0 Å². The van der Waals surface area contributed by atoms with E-state index in [0.717, 1.165) is 35.6 Å². The highest BCUT2D eigenvalue weighted by atomic mass is 35.5. The van der Waals surface area contributed by atoms with E-state index >= 15 is 0 Å². The van der Waals surface area contributed by atoms with E-state index in [1.807, 2.05) is 32.0 Å². The summed E-state index contributed by atoms with van der Waals surface area (Å²) in [5, 5.41) is -0.0749. The minimum Gasteiger partial charge on any atom is -0.361 e. The van der Waals surface area contributed by atoms with Gasteiger partial charge in [0, 0.05) is 31.3 Å². The molecule has 1 fully saturated rings. The molecule has 0 heterocycles. The van der Waals surface area contributed by atoms with E-state index in [2.05, 4.69) is 6.92 Å². The zero-order valence-electron chi connectivity index (χ0n) is 22.5. The molecule has 0 saturated heterocycles. The van der Waals surface area contributed by atoms with Gasteiger partial charge in [0.1, 0.15) is 18.5 Å². The smallest absolute Gasteiger partial charge is 0.243 e. The van der Waals surface area contributed by atoms with Crippen LogP contribution in [0.1, 0.15) is 54.6 Å². The molecule has 1 aliphatic rings. The molecule has 212 valence electrons. The van der Waals surface area contributed by atoms with Crippen molar-refractivity contribution in [3.8, 4) is 0 Å². The fourth-order valence-electron chi connectivity index (χ4n) is 4.19. The highest BCUT2D eigenvalue weighted by molar-refractivity contribution is 7.90. The number of anilines is 1. The third-order valence-corrected chi connectivity index (χ3v) is 7.85. The van der Waals surface area contributed by atoms with E-state index in [4.69, 9.17) is 27.9 Å². The Bertz CT molecular complexity index is 1330. The van der Waals surface area contributed by atoms with Crippen LogP contribution in [0.5, 0.6) is 0 Å². The molecule has 1 saturated carbocycles. The molecular formula is C28H33Cl2NO7S. The summed E-state index contributed by atoms with van der Waals surface area (Å²) in [5.74, 6) is -2.94. The van der Waals surface area contributed by atoms with Gasteiger partial charge in [-0.3, -0.25) is 24.1 Å². The molecule has 1 amide bonds. The van der Waals surface area contributed by atoms with Crippen molar-refractivity contribution < 1.29 is 32.3 Å². The second-order valence-electron chi connectivity index (χ2n) is 9.01. The Kier molecular flexibility index (Phi) is 12.3. The standard InChI is InChI=1S/C14H20ClNO2.C14H13ClO5S/c1-4-12-8-6-7-11(3)14(12)16(10-18-5-2)13(17)9-15;1-21(19,20)8-5-6-9(10(15)7-8)14(18)13-11(16)3-2-4-12(13)17/h6-8H,4-5,9-10H2,1-3H3;5-7,13H,2-4H2,1H3. The van der Waals surface area contributed by atoms with Crippen LogP contribution < -0.4 is 4.90 Å². The molecule has 8 nitrogen and oxygen atoms in total. The van der Waals surface area contributed by atoms with Gasteiger partial charge in [-0.15, -0.1) is 11.6 Å². The van der Waals surface area contributed by atoms with E-state index in [1.54, 1.807) is 4.90 Å². The number of amides is 1. The number of carbonyl (C=O) groups is 4. The fraction of sp³-hybridized carbons (Fsp3) is 0.429. The Balaban J connectivity index is 0.000000277. The first-order valence-corrected chi connectivity index (χ1v) is 15.3. The summed E-state index contributed by atoms with van der Waals surface area (Å²) in [6.07, 6.45) is 2.74. The maximum atomic E-state index is 12.3. The number of nitrogens with zero attached hydrogens (tertiary/aromatic N) is 1. The molecule has 0 bridgehead atoms. The fourth-order valence-corrected chi connectivity index (χ4v) is 5.32. The summed E-state index contributed by atoms with van der Waals surface area (Å²) in [6.45, 7) is 6.79. The van der Waals surface area contributed by atoms with Crippen molar-refractivity contribution in [3.05, 3.63) is 58.1 Å². The van der Waals surface area contributed by atoms with Crippen LogP contribution in [0.2, 0.25) is 5.02 Å². The minimum atomic E-state index is -3.44. The van der Waals surface area contributed by atoms with Crippen LogP contribution >= 0.6 is 23.2 Å². The van der Waals surface area contributed by atoms with Crippen LogP contribution in [0.3, 0.4) is 0 Å². The molecule has 0 spiro atoms. The number of carbonyl (C=O) groups excluding carboxylic acids is 4. The van der Waals surface area contributed by atoms with Crippen LogP contribution in [0.4, 0.5) is 5.69 Å². The average Bonchev–Trinajstić information content (AvgIpc) is 2.88. The number of ether oxygens (including phenoxy) is 1. The van der Waals surface area contributed by atoms with Gasteiger partial charge in [-0.05, 0) is 56.0 Å². The lowest BCUT2D eigenvalue weighted by Gasteiger charge is -2.25. The number of ketones is 3. The lowest BCUT2D eigenvalue weighted by atomic mass is 9.82. The maximum Gasteiger partial charge on any atom is 0.243 e. The van der Waals surface area contributed by atoms with E-state index in [0.29, 0.717) is 13.0 Å². The molecule has 0 aliphatic heterocycles. The van der Waals surface area contributed by atoms with Crippen molar-refractivity contribution in [2.75, 3.05) is 30.4 Å². The Morgan fingerprint density at radius 3 is 2.23 bits per heavy atom. The molecule has 0 unspecified atom stereocenters. The van der Waals surface area contributed by atoms with Gasteiger partial charge < -0.3 is 4.74 Å². The maximum absolute atomic E-state index is 12.3. The lowest BCUT2D eigenvalue weighted by Crippen LogP contribution is -2.35. The van der Waals surface area contributed by atoms with Crippen molar-refractivity contribution in [1.29, 1.82) is 0 Å². The van der Waals surface area contributed by atoms with E-state index in [-0.39, 0.29) is 46.8 Å². The van der Waals surface area contributed by atoms with Crippen LogP contribution in [-0.2, 0) is 35.4 Å². The predicted molar refractivity (Wildman–Crippen MR) is 152 cm³/mol. The molecule has 2 aromatic rings. The van der Waals surface area contributed by atoms with Gasteiger partial charge in [0.2, 0.25) is 5.91 Å². The summed E-state index contributed by atoms with van der Waals surface area (Å²) in [5.41, 5.74) is 3.12. The molecule has 2 aromatic carbocycles. The van der Waals surface area contributed by atoms with Crippen molar-refractivity contribution >= 4 is 62.0 Å². The number of Topliss-reactive ketones (excluding diaryl/α,β-unsaturated/α-hetero) is 3. The molecule has 1 aliphatic carbocycles. The van der Waals surface area contributed by atoms with Gasteiger partial charge >= 0.3 is 0 Å². The number of alkyl halides is 1. The first-order chi connectivity index (χ1) is 18.4. The summed E-state index contributed by atoms with van der Waals surface area (Å²) in [4.78, 5) is 49.4. The first-order valence-electron chi connectivity index (χ1n) is 12.5. The number of halogens is 2. The largest absolute Gasteiger partial charge is 0.361 e. The normalized spacial score (nSPS) is 14.0. The third kappa shape index (κ3) is 8.45. The van der Waals surface area contributed by atoms with Crippen molar-refractivity contribution in [1.82, 2.24) is 0 Å². The molecule has 11 heteroatoms. The van der Waals surface area contributed by atoms with E-state index in [1.165, 1.54) is 12.1 Å². The monoisotopic (exact) mass is 597 g/mol. The van der Waals surface area contributed by atoms with Crippen LogP contribution in [-0.4, -0.2) is 57.1 Å². The second-order valence-corrected chi connectivity index (χ2v) is 11.7. The highest BCUT2D eigenvalue weighted by Gasteiger charge is 2.37. The van der Waals surface area contributed by atoms with Crippen LogP contribution in [0, 0.1) is 12.8 Å². The average molecular weight is 599 g/mol. The Labute approximate surface area is 239 Å². The van der Waals surface area contributed by atoms with Gasteiger partial charge in [-0.2, -0.15) is 0 Å². The number of benzene rings is 2. The Morgan fingerprint density at radius 2 is 1.72 bits per heavy atom. The number of aryl methyl sites for hydroxylation is 2. The van der Waals surface area contributed by atoms with Gasteiger partial charge in [0.15, 0.2) is 27.2 Å². The number of rotatable bonds is 9. The summed E-state index contributed by atoms with van der Waals surface area (Å²) in [6, 6.07) is 9.67. The first kappa shape index (κ1) is 32.6. The second kappa shape index (κ2) is 14.7. The molecule has 39 heavy (non-hydrogen) atoms. The van der Waals surface area contributed by atoms with Crippen molar-refractivity contribution in [3.63, 3.8) is 0 Å². The molecule has 0 N–H and O–H groups in total. The van der Waals surface area contributed by atoms with Gasteiger partial charge in [0.05, 0.1) is 15.6 Å². The number of hydrogen-bond donors (Lipinski definition) is 0. The molecule has 0 atom stereocenters. The molecule has 0 radical (unpaired) electrons. The van der Waals surface area contributed by atoms with E-state index in [9.17, 15) is 27.6 Å². The van der Waals surface area contributed by atoms with Gasteiger partial charge in [0.25, 0.3) is 0 Å². The summed E-state index contributed by atoms with van der Waals surface area (Å²) < 4.78 is 28.2. The van der Waals surface area contributed by atoms with E-state index < -0.39 is 33.1 Å². The predicted octanol–water partition coefficient (Wildman–Crippen LogP) is 4.99. The zero-order valence-corrected chi connectivity index (χ0v) is 24.8. The van der Waals surface area contributed by atoms with Gasteiger partial charge in [-0.1, -0.05) is 36.7 Å². The van der Waals surface area contributed by atoms with Crippen molar-refractivity contribution in [2.24, 2.45) is 5.92 Å².